The molecule has 0 saturated heterocycles. The van der Waals surface area contributed by atoms with E-state index in [-0.39, 0.29) is 11.9 Å². The van der Waals surface area contributed by atoms with Gasteiger partial charge in [0.1, 0.15) is 11.3 Å². The molecule has 0 aliphatic rings. The molecule has 9 heteroatoms. The number of H-pyrrole nitrogens is 1. The molecule has 38 heavy (non-hydrogen) atoms. The van der Waals surface area contributed by atoms with Crippen LogP contribution in [0.15, 0.2) is 73.1 Å². The monoisotopic (exact) mass is 507 g/mol. The number of urea groups is 1. The molecule has 5 aromatic rings. The Labute approximate surface area is 220 Å². The highest BCUT2D eigenvalue weighted by Crippen LogP contribution is 2.37. The molecular formula is C29H29N7O2. The van der Waals surface area contributed by atoms with Crippen LogP contribution in [0.4, 0.5) is 16.2 Å². The topological polar surface area (TPSA) is 117 Å². The van der Waals surface area contributed by atoms with Crippen LogP contribution in [0.3, 0.4) is 0 Å². The second-order valence-electron chi connectivity index (χ2n) is 8.87. The zero-order valence-electron chi connectivity index (χ0n) is 21.5. The van der Waals surface area contributed by atoms with Crippen LogP contribution in [-0.4, -0.2) is 38.2 Å². The van der Waals surface area contributed by atoms with Crippen molar-refractivity contribution in [2.45, 2.75) is 27.3 Å². The first kappa shape index (κ1) is 24.8. The molecule has 192 valence electrons. The number of aryl methyl sites for hydroxylation is 1. The first-order chi connectivity index (χ1) is 18.4. The maximum Gasteiger partial charge on any atom is 0.319 e. The number of fused-ring (bicyclic) bond motifs is 1. The molecule has 0 fully saturated rings. The van der Waals surface area contributed by atoms with E-state index in [0.717, 1.165) is 56.9 Å². The fourth-order valence-electron chi connectivity index (χ4n) is 4.43. The molecule has 0 spiro atoms. The summed E-state index contributed by atoms with van der Waals surface area (Å²) in [5.41, 5.74) is 7.83. The molecular weight excluding hydrogens is 478 g/mol. The summed E-state index contributed by atoms with van der Waals surface area (Å²) in [7, 11) is 0. The molecule has 3 amide bonds. The number of nitrogens with one attached hydrogen (secondary N) is 4. The van der Waals surface area contributed by atoms with Crippen LogP contribution in [0.1, 0.15) is 20.8 Å². The van der Waals surface area contributed by atoms with Gasteiger partial charge in [0, 0.05) is 71.6 Å². The van der Waals surface area contributed by atoms with Gasteiger partial charge in [-0.05, 0) is 55.8 Å². The molecule has 0 radical (unpaired) electrons. The highest BCUT2D eigenvalue weighted by atomic mass is 16.2. The van der Waals surface area contributed by atoms with Crippen molar-refractivity contribution < 1.29 is 9.59 Å². The lowest BCUT2D eigenvalue weighted by Gasteiger charge is -2.08. The fraction of sp³-hybridized carbons (Fsp3) is 0.172. The molecule has 0 aliphatic heterocycles. The molecule has 4 N–H and O–H groups in total. The number of aromatic amines is 1. The Kier molecular flexibility index (Phi) is 6.90. The maximum absolute atomic E-state index is 11.9. The molecule has 5 rings (SSSR count). The Balaban J connectivity index is 1.54. The minimum absolute atomic E-state index is 0.115. The van der Waals surface area contributed by atoms with E-state index in [1.807, 2.05) is 66.2 Å². The first-order valence-corrected chi connectivity index (χ1v) is 12.5. The minimum atomic E-state index is -0.235. The van der Waals surface area contributed by atoms with E-state index in [0.29, 0.717) is 12.2 Å². The van der Waals surface area contributed by atoms with Crippen LogP contribution in [0.2, 0.25) is 0 Å². The van der Waals surface area contributed by atoms with Crippen molar-refractivity contribution in [1.82, 2.24) is 25.1 Å². The Morgan fingerprint density at radius 3 is 2.47 bits per heavy atom. The van der Waals surface area contributed by atoms with E-state index in [2.05, 4.69) is 45.1 Å². The summed E-state index contributed by atoms with van der Waals surface area (Å²) in [6.45, 7) is 6.71. The summed E-state index contributed by atoms with van der Waals surface area (Å²) in [5, 5.41) is 14.2. The van der Waals surface area contributed by atoms with Crippen molar-refractivity contribution in [3.63, 3.8) is 0 Å². The van der Waals surface area contributed by atoms with Crippen LogP contribution in [-0.2, 0) is 11.3 Å². The lowest BCUT2D eigenvalue weighted by Crippen LogP contribution is -2.28. The highest BCUT2D eigenvalue weighted by Gasteiger charge is 2.17. The SMILES string of the molecule is CCNC(=O)Nc1ccc(-c2nn(CC)cc2-c2ccnc3[nH]c(-c4cccc(NC(C)=O)c4)cc23)cc1. The second-order valence-corrected chi connectivity index (χ2v) is 8.87. The van der Waals surface area contributed by atoms with Crippen molar-refractivity contribution in [3.05, 3.63) is 73.1 Å². The third-order valence-corrected chi connectivity index (χ3v) is 6.16. The maximum atomic E-state index is 11.9. The summed E-state index contributed by atoms with van der Waals surface area (Å²) < 4.78 is 1.92. The van der Waals surface area contributed by atoms with Crippen molar-refractivity contribution in [3.8, 4) is 33.6 Å². The van der Waals surface area contributed by atoms with Gasteiger partial charge in [0.05, 0.1) is 0 Å². The van der Waals surface area contributed by atoms with Crippen LogP contribution in [0.5, 0.6) is 0 Å². The van der Waals surface area contributed by atoms with Crippen LogP contribution in [0.25, 0.3) is 44.7 Å². The van der Waals surface area contributed by atoms with E-state index in [4.69, 9.17) is 5.10 Å². The summed E-state index contributed by atoms with van der Waals surface area (Å²) in [6, 6.07) is 19.2. The lowest BCUT2D eigenvalue weighted by molar-refractivity contribution is -0.114. The van der Waals surface area contributed by atoms with Crippen molar-refractivity contribution in [2.75, 3.05) is 17.2 Å². The average molecular weight is 508 g/mol. The van der Waals surface area contributed by atoms with Gasteiger partial charge in [0.2, 0.25) is 5.91 Å². The number of benzene rings is 2. The number of anilines is 2. The van der Waals surface area contributed by atoms with Gasteiger partial charge in [-0.15, -0.1) is 0 Å². The third kappa shape index (κ3) is 5.12. The predicted octanol–water partition coefficient (Wildman–Crippen LogP) is 5.88. The van der Waals surface area contributed by atoms with Crippen molar-refractivity contribution in [2.24, 2.45) is 0 Å². The van der Waals surface area contributed by atoms with E-state index in [1.54, 1.807) is 6.20 Å². The normalized spacial score (nSPS) is 10.9. The summed E-state index contributed by atoms with van der Waals surface area (Å²) in [4.78, 5) is 31.4. The van der Waals surface area contributed by atoms with E-state index in [1.165, 1.54) is 6.92 Å². The second kappa shape index (κ2) is 10.6. The molecule has 3 aromatic heterocycles. The molecule has 0 aliphatic carbocycles. The van der Waals surface area contributed by atoms with Gasteiger partial charge in [-0.3, -0.25) is 9.48 Å². The number of aromatic nitrogens is 4. The van der Waals surface area contributed by atoms with Gasteiger partial charge in [0.15, 0.2) is 0 Å². The van der Waals surface area contributed by atoms with Crippen molar-refractivity contribution in [1.29, 1.82) is 0 Å². The van der Waals surface area contributed by atoms with E-state index < -0.39 is 0 Å². The van der Waals surface area contributed by atoms with Gasteiger partial charge >= 0.3 is 6.03 Å². The first-order valence-electron chi connectivity index (χ1n) is 12.5. The molecule has 3 heterocycles. The number of hydrogen-bond donors (Lipinski definition) is 4. The summed E-state index contributed by atoms with van der Waals surface area (Å²) in [5.74, 6) is -0.115. The minimum Gasteiger partial charge on any atom is -0.339 e. The molecule has 0 bridgehead atoms. The Bertz CT molecular complexity index is 1620. The molecule has 2 aromatic carbocycles. The van der Waals surface area contributed by atoms with E-state index >= 15 is 0 Å². The number of pyridine rings is 1. The summed E-state index contributed by atoms with van der Waals surface area (Å²) in [6.07, 6.45) is 3.84. The van der Waals surface area contributed by atoms with Crippen LogP contribution >= 0.6 is 0 Å². The number of carbonyl (C=O) groups is 2. The largest absolute Gasteiger partial charge is 0.339 e. The molecule has 0 saturated carbocycles. The fourth-order valence-corrected chi connectivity index (χ4v) is 4.43. The lowest BCUT2D eigenvalue weighted by atomic mass is 10.00. The number of nitrogens with zero attached hydrogens (tertiary/aromatic N) is 3. The summed E-state index contributed by atoms with van der Waals surface area (Å²) >= 11 is 0. The third-order valence-electron chi connectivity index (χ3n) is 6.16. The van der Waals surface area contributed by atoms with E-state index in [9.17, 15) is 9.59 Å². The quantitative estimate of drug-likeness (QED) is 0.220. The van der Waals surface area contributed by atoms with Gasteiger partial charge < -0.3 is 20.9 Å². The zero-order valence-corrected chi connectivity index (χ0v) is 21.5. The van der Waals surface area contributed by atoms with Gasteiger partial charge in [-0.2, -0.15) is 5.10 Å². The number of amides is 3. The standard InChI is InChI=1S/C29H29N7O2/c1-4-30-29(38)33-21-11-9-19(10-12-21)27-25(17-36(5-2)35-27)23-13-14-31-28-24(23)16-26(34-28)20-7-6-8-22(15-20)32-18(3)37/h6-17H,4-5H2,1-3H3,(H,31,34)(H,32,37)(H2,30,33,38). The Morgan fingerprint density at radius 2 is 1.74 bits per heavy atom. The smallest absolute Gasteiger partial charge is 0.319 e. The predicted molar refractivity (Wildman–Crippen MR) is 151 cm³/mol. The van der Waals surface area contributed by atoms with Gasteiger partial charge in [-0.25, -0.2) is 9.78 Å². The Hall–Kier alpha value is -4.92. The van der Waals surface area contributed by atoms with Gasteiger partial charge in [-0.1, -0.05) is 24.3 Å². The Morgan fingerprint density at radius 1 is 0.921 bits per heavy atom. The van der Waals surface area contributed by atoms with Crippen LogP contribution in [0, 0.1) is 0 Å². The number of rotatable bonds is 7. The number of carbonyl (C=O) groups excluding carboxylic acids is 2. The van der Waals surface area contributed by atoms with Gasteiger partial charge in [0.25, 0.3) is 0 Å². The number of hydrogen-bond acceptors (Lipinski definition) is 4. The average Bonchev–Trinajstić information content (AvgIpc) is 3.54. The zero-order chi connectivity index (χ0) is 26.6. The van der Waals surface area contributed by atoms with Crippen LogP contribution < -0.4 is 16.0 Å². The molecule has 0 unspecified atom stereocenters. The molecule has 9 nitrogen and oxygen atoms in total. The highest BCUT2D eigenvalue weighted by molar-refractivity contribution is 5.99. The van der Waals surface area contributed by atoms with Crippen molar-refractivity contribution >= 4 is 34.3 Å². The molecule has 0 atom stereocenters.